The lowest BCUT2D eigenvalue weighted by atomic mass is 10.1. The lowest BCUT2D eigenvalue weighted by molar-refractivity contribution is 0.637. The predicted octanol–water partition coefficient (Wildman–Crippen LogP) is 6.60. The molecule has 18 heavy (non-hydrogen) atoms. The summed E-state index contributed by atoms with van der Waals surface area (Å²) in [7, 11) is 0. The van der Waals surface area contributed by atoms with Crippen molar-refractivity contribution in [3.05, 3.63) is 36.5 Å². The zero-order valence-electron chi connectivity index (χ0n) is 12.5. The number of hydrogen-bond donors (Lipinski definition) is 0. The summed E-state index contributed by atoms with van der Waals surface area (Å²) in [5.41, 5.74) is 0. The Hall–Kier alpha value is -0.780. The molecule has 0 saturated carbocycles. The first-order chi connectivity index (χ1) is 8.91. The van der Waals surface area contributed by atoms with Gasteiger partial charge in [0.25, 0.3) is 0 Å². The van der Waals surface area contributed by atoms with Crippen molar-refractivity contribution in [2.45, 2.75) is 78.1 Å². The van der Waals surface area contributed by atoms with E-state index in [1.807, 2.05) is 0 Å². The van der Waals surface area contributed by atoms with Crippen molar-refractivity contribution < 1.29 is 0 Å². The second kappa shape index (κ2) is 16.2. The van der Waals surface area contributed by atoms with E-state index in [4.69, 9.17) is 0 Å². The third-order valence-electron chi connectivity index (χ3n) is 3.05. The second-order valence-corrected chi connectivity index (χ2v) is 4.94. The van der Waals surface area contributed by atoms with Gasteiger partial charge in [0, 0.05) is 0 Å². The Morgan fingerprint density at radius 3 is 1.50 bits per heavy atom. The average molecular weight is 248 g/mol. The summed E-state index contributed by atoms with van der Waals surface area (Å²) in [5.74, 6) is 0. The van der Waals surface area contributed by atoms with Crippen LogP contribution in [0.1, 0.15) is 78.1 Å². The summed E-state index contributed by atoms with van der Waals surface area (Å²) in [6.07, 6.45) is 26.5. The molecule has 104 valence electrons. The van der Waals surface area contributed by atoms with Crippen LogP contribution in [-0.2, 0) is 0 Å². The molecule has 0 N–H and O–H groups in total. The molecule has 0 aromatic heterocycles. The summed E-state index contributed by atoms with van der Waals surface area (Å²) in [5, 5.41) is 0. The van der Waals surface area contributed by atoms with Gasteiger partial charge in [0.1, 0.15) is 0 Å². The Bertz CT molecular complexity index is 220. The predicted molar refractivity (Wildman–Crippen MR) is 84.9 cm³/mol. The van der Waals surface area contributed by atoms with Crippen LogP contribution in [0, 0.1) is 0 Å². The van der Waals surface area contributed by atoms with Gasteiger partial charge >= 0.3 is 0 Å². The van der Waals surface area contributed by atoms with Crippen LogP contribution >= 0.6 is 0 Å². The lowest BCUT2D eigenvalue weighted by Crippen LogP contribution is -1.75. The molecule has 0 aliphatic carbocycles. The minimum Gasteiger partial charge on any atom is -0.0845 e. The van der Waals surface area contributed by atoms with Gasteiger partial charge < -0.3 is 0 Å². The van der Waals surface area contributed by atoms with Gasteiger partial charge in [-0.15, -0.1) is 0 Å². The van der Waals surface area contributed by atoms with E-state index in [1.165, 1.54) is 64.2 Å². The molecule has 0 aliphatic heterocycles. The highest BCUT2D eigenvalue weighted by Crippen LogP contribution is 2.05. The van der Waals surface area contributed by atoms with Gasteiger partial charge in [-0.3, -0.25) is 0 Å². The largest absolute Gasteiger partial charge is 0.0845 e. The third-order valence-corrected chi connectivity index (χ3v) is 3.05. The summed E-state index contributed by atoms with van der Waals surface area (Å²) in [4.78, 5) is 0. The van der Waals surface area contributed by atoms with Gasteiger partial charge in [-0.2, -0.15) is 0 Å². The third kappa shape index (κ3) is 15.2. The molecule has 0 aromatic carbocycles. The highest BCUT2D eigenvalue weighted by atomic mass is 13.9. The van der Waals surface area contributed by atoms with Crippen LogP contribution in [0.4, 0.5) is 0 Å². The van der Waals surface area contributed by atoms with Crippen LogP contribution in [0.15, 0.2) is 36.5 Å². The molecule has 0 fully saturated rings. The summed E-state index contributed by atoms with van der Waals surface area (Å²) < 4.78 is 0. The van der Waals surface area contributed by atoms with E-state index in [-0.39, 0.29) is 0 Å². The van der Waals surface area contributed by atoms with E-state index in [9.17, 15) is 0 Å². The molecular formula is C18H32. The molecule has 0 heterocycles. The fourth-order valence-corrected chi connectivity index (χ4v) is 1.86. The van der Waals surface area contributed by atoms with Crippen LogP contribution in [0.2, 0.25) is 0 Å². The fraction of sp³-hybridized carbons (Fsp3) is 0.667. The maximum absolute atomic E-state index is 2.29. The van der Waals surface area contributed by atoms with E-state index in [1.54, 1.807) is 0 Å². The smallest absolute Gasteiger partial charge is 0.0348 e. The van der Waals surface area contributed by atoms with Gasteiger partial charge in [-0.05, 0) is 25.7 Å². The molecule has 0 rings (SSSR count). The van der Waals surface area contributed by atoms with Crippen LogP contribution in [0.25, 0.3) is 0 Å². The van der Waals surface area contributed by atoms with Gasteiger partial charge in [-0.25, -0.2) is 0 Å². The maximum atomic E-state index is 2.29. The van der Waals surface area contributed by atoms with Crippen molar-refractivity contribution in [1.82, 2.24) is 0 Å². The normalized spacial score (nSPS) is 12.3. The topological polar surface area (TPSA) is 0 Å². The minimum absolute atomic E-state index is 1.22. The van der Waals surface area contributed by atoms with E-state index in [0.717, 1.165) is 0 Å². The van der Waals surface area contributed by atoms with E-state index >= 15 is 0 Å². The SMILES string of the molecule is CCCCC\C=C/C=C/C=C/CCCCCCC. The van der Waals surface area contributed by atoms with Crippen molar-refractivity contribution in [2.24, 2.45) is 0 Å². The van der Waals surface area contributed by atoms with E-state index in [2.05, 4.69) is 50.3 Å². The molecule has 0 saturated heterocycles. The second-order valence-electron chi connectivity index (χ2n) is 4.94. The highest BCUT2D eigenvalue weighted by Gasteiger charge is 1.85. The van der Waals surface area contributed by atoms with Gasteiger partial charge in [0.2, 0.25) is 0 Å². The summed E-state index contributed by atoms with van der Waals surface area (Å²) >= 11 is 0. The zero-order valence-corrected chi connectivity index (χ0v) is 12.5. The molecule has 0 aliphatic rings. The van der Waals surface area contributed by atoms with Crippen molar-refractivity contribution in [3.8, 4) is 0 Å². The maximum Gasteiger partial charge on any atom is -0.0348 e. The first-order valence-corrected chi connectivity index (χ1v) is 7.90. The summed E-state index contributed by atoms with van der Waals surface area (Å²) in [6, 6.07) is 0. The molecule has 0 amide bonds. The minimum atomic E-state index is 1.22. The molecule has 0 unspecified atom stereocenters. The molecule has 0 radical (unpaired) electrons. The van der Waals surface area contributed by atoms with Crippen LogP contribution < -0.4 is 0 Å². The van der Waals surface area contributed by atoms with Crippen LogP contribution in [0.5, 0.6) is 0 Å². The molecule has 0 heteroatoms. The molecule has 0 spiro atoms. The van der Waals surface area contributed by atoms with Crippen LogP contribution in [0.3, 0.4) is 0 Å². The number of allylic oxidation sites excluding steroid dienone is 6. The fourth-order valence-electron chi connectivity index (χ4n) is 1.86. The standard InChI is InChI=1S/C18H32/c1-3-5-7-9-11-13-15-17-18-16-14-12-10-8-6-4-2/h11,13,15-18H,3-10,12,14H2,1-2H3/b13-11-,17-15+,18-16+. The Morgan fingerprint density at radius 1 is 0.500 bits per heavy atom. The highest BCUT2D eigenvalue weighted by molar-refractivity contribution is 5.10. The average Bonchev–Trinajstić information content (AvgIpc) is 2.39. The number of hydrogen-bond acceptors (Lipinski definition) is 0. The van der Waals surface area contributed by atoms with E-state index in [0.29, 0.717) is 0 Å². The Kier molecular flexibility index (Phi) is 15.5. The molecule has 0 aromatic rings. The van der Waals surface area contributed by atoms with Crippen LogP contribution in [-0.4, -0.2) is 0 Å². The Labute approximate surface area is 115 Å². The quantitative estimate of drug-likeness (QED) is 0.270. The van der Waals surface area contributed by atoms with Crippen molar-refractivity contribution in [2.75, 3.05) is 0 Å². The van der Waals surface area contributed by atoms with Gasteiger partial charge in [0.15, 0.2) is 0 Å². The Morgan fingerprint density at radius 2 is 0.944 bits per heavy atom. The number of rotatable bonds is 12. The molecule has 0 nitrogen and oxygen atoms in total. The molecular weight excluding hydrogens is 216 g/mol. The van der Waals surface area contributed by atoms with Crippen molar-refractivity contribution in [1.29, 1.82) is 0 Å². The molecule has 0 bridgehead atoms. The molecule has 0 atom stereocenters. The Balaban J connectivity index is 3.29. The monoisotopic (exact) mass is 248 g/mol. The zero-order chi connectivity index (χ0) is 13.3. The lowest BCUT2D eigenvalue weighted by Gasteiger charge is -1.95. The van der Waals surface area contributed by atoms with Gasteiger partial charge in [0.05, 0.1) is 0 Å². The van der Waals surface area contributed by atoms with Crippen molar-refractivity contribution in [3.63, 3.8) is 0 Å². The van der Waals surface area contributed by atoms with E-state index < -0.39 is 0 Å². The number of unbranched alkanes of at least 4 members (excludes halogenated alkanes) is 8. The van der Waals surface area contributed by atoms with Gasteiger partial charge in [-0.1, -0.05) is 88.8 Å². The first kappa shape index (κ1) is 17.2. The first-order valence-electron chi connectivity index (χ1n) is 7.90. The summed E-state index contributed by atoms with van der Waals surface area (Å²) in [6.45, 7) is 4.51. The van der Waals surface area contributed by atoms with Crippen molar-refractivity contribution >= 4 is 0 Å².